The molecule has 0 unspecified atom stereocenters. The molecule has 0 heterocycles. The van der Waals surface area contributed by atoms with Gasteiger partial charge in [-0.3, -0.25) is 4.79 Å². The van der Waals surface area contributed by atoms with Gasteiger partial charge in [-0.15, -0.1) is 0 Å². The van der Waals surface area contributed by atoms with Crippen LogP contribution in [0.3, 0.4) is 0 Å². The van der Waals surface area contributed by atoms with E-state index in [0.717, 1.165) is 10.0 Å². The highest BCUT2D eigenvalue weighted by Crippen LogP contribution is 2.24. The van der Waals surface area contributed by atoms with Gasteiger partial charge in [0.25, 0.3) is 0 Å². The third-order valence-corrected chi connectivity index (χ3v) is 2.77. The Labute approximate surface area is 98.8 Å². The molecule has 0 bridgehead atoms. The maximum absolute atomic E-state index is 11.5. The molecule has 0 saturated carbocycles. The first-order valence-corrected chi connectivity index (χ1v) is 5.58. The summed E-state index contributed by atoms with van der Waals surface area (Å²) in [5.41, 5.74) is 0.648. The van der Waals surface area contributed by atoms with E-state index in [-0.39, 0.29) is 5.97 Å². The number of methoxy groups -OCH3 is 1. The van der Waals surface area contributed by atoms with E-state index in [1.54, 1.807) is 0 Å². The first kappa shape index (κ1) is 12.2. The number of carbonyl (C=O) groups is 1. The molecule has 15 heavy (non-hydrogen) atoms. The molecule has 1 rings (SSSR count). The van der Waals surface area contributed by atoms with Crippen LogP contribution in [0.15, 0.2) is 28.7 Å². The first-order valence-electron chi connectivity index (χ1n) is 4.78. The zero-order valence-corrected chi connectivity index (χ0v) is 10.8. The van der Waals surface area contributed by atoms with Crippen LogP contribution in [0.5, 0.6) is 0 Å². The number of hydrogen-bond donors (Lipinski definition) is 0. The van der Waals surface area contributed by atoms with E-state index in [4.69, 9.17) is 4.74 Å². The Kier molecular flexibility index (Phi) is 3.91. The molecule has 1 aromatic rings. The van der Waals surface area contributed by atoms with E-state index in [1.165, 1.54) is 7.11 Å². The maximum Gasteiger partial charge on any atom is 0.311 e. The summed E-state index contributed by atoms with van der Waals surface area (Å²) in [6.45, 7) is 3.78. The molecular formula is C12H15BrO2. The molecule has 1 aromatic carbocycles. The average Bonchev–Trinajstić information content (AvgIpc) is 2.15. The Morgan fingerprint density at radius 3 is 2.67 bits per heavy atom. The second kappa shape index (κ2) is 4.79. The Bertz CT molecular complexity index is 358. The Hall–Kier alpha value is -0.830. The topological polar surface area (TPSA) is 26.3 Å². The van der Waals surface area contributed by atoms with Crippen molar-refractivity contribution < 1.29 is 9.53 Å². The van der Waals surface area contributed by atoms with Crippen LogP contribution in [0.1, 0.15) is 19.4 Å². The molecule has 0 N–H and O–H groups in total. The van der Waals surface area contributed by atoms with Crippen molar-refractivity contribution in [2.75, 3.05) is 7.11 Å². The van der Waals surface area contributed by atoms with Crippen LogP contribution in [0.25, 0.3) is 0 Å². The van der Waals surface area contributed by atoms with Gasteiger partial charge in [0.1, 0.15) is 0 Å². The highest BCUT2D eigenvalue weighted by Gasteiger charge is 2.28. The molecular weight excluding hydrogens is 256 g/mol. The zero-order chi connectivity index (χ0) is 11.5. The molecule has 0 fully saturated rings. The monoisotopic (exact) mass is 270 g/mol. The van der Waals surface area contributed by atoms with E-state index in [1.807, 2.05) is 38.1 Å². The highest BCUT2D eigenvalue weighted by molar-refractivity contribution is 9.10. The lowest BCUT2D eigenvalue weighted by Crippen LogP contribution is -2.27. The summed E-state index contributed by atoms with van der Waals surface area (Å²) in [5.74, 6) is -0.178. The molecule has 0 amide bonds. The van der Waals surface area contributed by atoms with Gasteiger partial charge in [-0.25, -0.2) is 0 Å². The van der Waals surface area contributed by atoms with Crippen LogP contribution in [0, 0.1) is 5.41 Å². The first-order chi connectivity index (χ1) is 6.95. The minimum atomic E-state index is -0.477. The summed E-state index contributed by atoms with van der Waals surface area (Å²) in [5, 5.41) is 0. The molecule has 2 nitrogen and oxygen atoms in total. The fourth-order valence-corrected chi connectivity index (χ4v) is 1.95. The molecule has 3 heteroatoms. The van der Waals surface area contributed by atoms with Crippen molar-refractivity contribution in [2.45, 2.75) is 20.3 Å². The van der Waals surface area contributed by atoms with Gasteiger partial charge in [-0.2, -0.15) is 0 Å². The van der Waals surface area contributed by atoms with Gasteiger partial charge in [-0.1, -0.05) is 28.1 Å². The van der Waals surface area contributed by atoms with Crippen molar-refractivity contribution in [3.63, 3.8) is 0 Å². The largest absolute Gasteiger partial charge is 0.469 e. The summed E-state index contributed by atoms with van der Waals surface area (Å²) < 4.78 is 5.80. The molecule has 0 aromatic heterocycles. The smallest absolute Gasteiger partial charge is 0.311 e. The number of carbonyl (C=O) groups excluding carboxylic acids is 1. The minimum absolute atomic E-state index is 0.178. The van der Waals surface area contributed by atoms with Crippen LogP contribution in [0.4, 0.5) is 0 Å². The molecule has 0 radical (unpaired) electrons. The van der Waals surface area contributed by atoms with Crippen molar-refractivity contribution >= 4 is 21.9 Å². The van der Waals surface area contributed by atoms with E-state index in [0.29, 0.717) is 6.42 Å². The maximum atomic E-state index is 11.5. The molecule has 0 aliphatic carbocycles. The molecule has 0 aliphatic heterocycles. The zero-order valence-electron chi connectivity index (χ0n) is 9.21. The number of benzene rings is 1. The van der Waals surface area contributed by atoms with E-state index in [2.05, 4.69) is 15.9 Å². The van der Waals surface area contributed by atoms with E-state index < -0.39 is 5.41 Å². The Morgan fingerprint density at radius 1 is 1.47 bits per heavy atom. The van der Waals surface area contributed by atoms with Gasteiger partial charge in [-0.05, 0) is 38.0 Å². The lowest BCUT2D eigenvalue weighted by molar-refractivity contribution is -0.150. The van der Waals surface area contributed by atoms with Crippen LogP contribution in [-0.2, 0) is 16.0 Å². The number of esters is 1. The number of ether oxygens (including phenoxy) is 1. The Balaban J connectivity index is 2.81. The fourth-order valence-electron chi connectivity index (χ4n) is 1.51. The normalized spacial score (nSPS) is 11.2. The highest BCUT2D eigenvalue weighted by atomic mass is 79.9. The van der Waals surface area contributed by atoms with Gasteiger partial charge in [0, 0.05) is 4.47 Å². The number of halogens is 1. The summed E-state index contributed by atoms with van der Waals surface area (Å²) in [7, 11) is 1.42. The van der Waals surface area contributed by atoms with Gasteiger partial charge in [0.05, 0.1) is 12.5 Å². The summed E-state index contributed by atoms with van der Waals surface area (Å²) in [6.07, 6.45) is 0.680. The second-order valence-electron chi connectivity index (χ2n) is 4.18. The van der Waals surface area contributed by atoms with Crippen molar-refractivity contribution in [3.8, 4) is 0 Å². The van der Waals surface area contributed by atoms with E-state index >= 15 is 0 Å². The van der Waals surface area contributed by atoms with Gasteiger partial charge >= 0.3 is 5.97 Å². The molecule has 0 spiro atoms. The molecule has 0 aliphatic rings. The average molecular weight is 271 g/mol. The van der Waals surface area contributed by atoms with Gasteiger partial charge in [0.2, 0.25) is 0 Å². The second-order valence-corrected chi connectivity index (χ2v) is 5.10. The van der Waals surface area contributed by atoms with Crippen LogP contribution >= 0.6 is 15.9 Å². The predicted molar refractivity (Wildman–Crippen MR) is 63.6 cm³/mol. The van der Waals surface area contributed by atoms with Gasteiger partial charge in [0.15, 0.2) is 0 Å². The standard InChI is InChI=1S/C12H15BrO2/c1-12(2,11(14)15-3)8-9-5-4-6-10(13)7-9/h4-7H,8H2,1-3H3. The summed E-state index contributed by atoms with van der Waals surface area (Å²) in [4.78, 5) is 11.5. The molecule has 0 saturated heterocycles. The van der Waals surface area contributed by atoms with Crippen LogP contribution in [0.2, 0.25) is 0 Å². The third kappa shape index (κ3) is 3.34. The Morgan fingerprint density at radius 2 is 2.13 bits per heavy atom. The number of rotatable bonds is 3. The van der Waals surface area contributed by atoms with Crippen molar-refractivity contribution in [1.82, 2.24) is 0 Å². The lowest BCUT2D eigenvalue weighted by atomic mass is 9.86. The van der Waals surface area contributed by atoms with Gasteiger partial charge < -0.3 is 4.74 Å². The van der Waals surface area contributed by atoms with Crippen molar-refractivity contribution in [1.29, 1.82) is 0 Å². The molecule has 82 valence electrons. The summed E-state index contributed by atoms with van der Waals surface area (Å²) in [6, 6.07) is 7.96. The molecule has 0 atom stereocenters. The fraction of sp³-hybridized carbons (Fsp3) is 0.417. The third-order valence-electron chi connectivity index (χ3n) is 2.27. The van der Waals surface area contributed by atoms with Crippen molar-refractivity contribution in [3.05, 3.63) is 34.3 Å². The quantitative estimate of drug-likeness (QED) is 0.789. The van der Waals surface area contributed by atoms with Crippen molar-refractivity contribution in [2.24, 2.45) is 5.41 Å². The minimum Gasteiger partial charge on any atom is -0.469 e. The predicted octanol–water partition coefficient (Wildman–Crippen LogP) is 3.19. The van der Waals surface area contributed by atoms with E-state index in [9.17, 15) is 4.79 Å². The van der Waals surface area contributed by atoms with Crippen LogP contribution < -0.4 is 0 Å². The van der Waals surface area contributed by atoms with Crippen LogP contribution in [-0.4, -0.2) is 13.1 Å². The summed E-state index contributed by atoms with van der Waals surface area (Å²) >= 11 is 3.41. The number of hydrogen-bond acceptors (Lipinski definition) is 2. The SMILES string of the molecule is COC(=O)C(C)(C)Cc1cccc(Br)c1. The lowest BCUT2D eigenvalue weighted by Gasteiger charge is -2.21.